The van der Waals surface area contributed by atoms with E-state index in [0.717, 1.165) is 11.8 Å². The molecular formula is C12H12N4O5S. The lowest BCUT2D eigenvalue weighted by molar-refractivity contribution is -0.136. The van der Waals surface area contributed by atoms with Gasteiger partial charge in [-0.3, -0.25) is 19.4 Å². The minimum atomic E-state index is -1.05. The number of H-pyrrole nitrogens is 1. The monoisotopic (exact) mass is 324 g/mol. The predicted molar refractivity (Wildman–Crippen MR) is 78.9 cm³/mol. The number of aliphatic carboxylic acids is 1. The number of anilines is 2. The van der Waals surface area contributed by atoms with E-state index in [1.165, 1.54) is 25.3 Å². The highest BCUT2D eigenvalue weighted by Gasteiger charge is 2.18. The van der Waals surface area contributed by atoms with Crippen molar-refractivity contribution in [2.75, 3.05) is 11.1 Å². The van der Waals surface area contributed by atoms with Crippen molar-refractivity contribution in [3.8, 4) is 0 Å². The molecule has 5 N–H and O–H groups in total. The molecule has 0 saturated heterocycles. The Kier molecular flexibility index (Phi) is 4.51. The number of nitrogens with zero attached hydrogens (tertiary/aromatic N) is 1. The Labute approximate surface area is 127 Å². The van der Waals surface area contributed by atoms with Gasteiger partial charge in [0.05, 0.1) is 6.26 Å². The van der Waals surface area contributed by atoms with E-state index in [1.54, 1.807) is 0 Å². The Bertz CT molecular complexity index is 755. The summed E-state index contributed by atoms with van der Waals surface area (Å²) in [6, 6.07) is 2.94. The van der Waals surface area contributed by atoms with Crippen molar-refractivity contribution >= 4 is 35.1 Å². The molecule has 0 aliphatic rings. The van der Waals surface area contributed by atoms with Gasteiger partial charge in [-0.2, -0.15) is 0 Å². The lowest BCUT2D eigenvalue weighted by Crippen LogP contribution is -2.23. The number of carbonyl (C=O) groups is 2. The SMILES string of the molecule is C[C@@H](Sc1nc(N)c(NC(=O)c2ccco2)c(=O)[nH]1)C(=O)O. The number of carboxylic acid groups (broad SMARTS) is 1. The lowest BCUT2D eigenvalue weighted by Gasteiger charge is -2.09. The molecule has 9 nitrogen and oxygen atoms in total. The molecule has 0 aliphatic heterocycles. The van der Waals surface area contributed by atoms with Crippen LogP contribution in [0.3, 0.4) is 0 Å². The van der Waals surface area contributed by atoms with Crippen molar-refractivity contribution in [2.45, 2.75) is 17.3 Å². The molecule has 0 unspecified atom stereocenters. The minimum Gasteiger partial charge on any atom is -0.480 e. The Morgan fingerprint density at radius 3 is 2.82 bits per heavy atom. The number of carboxylic acids is 1. The largest absolute Gasteiger partial charge is 0.480 e. The first-order valence-electron chi connectivity index (χ1n) is 6.02. The number of carbonyl (C=O) groups excluding carboxylic acids is 1. The zero-order valence-corrected chi connectivity index (χ0v) is 12.1. The maximum absolute atomic E-state index is 11.9. The van der Waals surface area contributed by atoms with Gasteiger partial charge in [0.2, 0.25) is 0 Å². The van der Waals surface area contributed by atoms with Crippen molar-refractivity contribution in [3.63, 3.8) is 0 Å². The third kappa shape index (κ3) is 3.47. The summed E-state index contributed by atoms with van der Waals surface area (Å²) < 4.78 is 4.90. The van der Waals surface area contributed by atoms with Crippen LogP contribution in [-0.4, -0.2) is 32.2 Å². The zero-order chi connectivity index (χ0) is 16.3. The highest BCUT2D eigenvalue weighted by molar-refractivity contribution is 8.00. The maximum atomic E-state index is 11.9. The second-order valence-corrected chi connectivity index (χ2v) is 5.49. The number of nitrogens with two attached hydrogens (primary N) is 1. The van der Waals surface area contributed by atoms with E-state index in [0.29, 0.717) is 0 Å². The predicted octanol–water partition coefficient (Wildman–Crippen LogP) is 0.763. The first-order chi connectivity index (χ1) is 10.4. The highest BCUT2D eigenvalue weighted by atomic mass is 32.2. The quantitative estimate of drug-likeness (QED) is 0.465. The van der Waals surface area contributed by atoms with Crippen LogP contribution in [0.15, 0.2) is 32.8 Å². The van der Waals surface area contributed by atoms with Crippen LogP contribution in [-0.2, 0) is 4.79 Å². The number of aromatic nitrogens is 2. The van der Waals surface area contributed by atoms with Crippen LogP contribution in [0.5, 0.6) is 0 Å². The van der Waals surface area contributed by atoms with E-state index >= 15 is 0 Å². The van der Waals surface area contributed by atoms with Crippen molar-refractivity contribution in [1.82, 2.24) is 9.97 Å². The minimum absolute atomic E-state index is 0.0109. The third-order valence-electron chi connectivity index (χ3n) is 2.55. The molecule has 2 aromatic rings. The number of rotatable bonds is 5. The molecule has 1 atom stereocenters. The summed E-state index contributed by atoms with van der Waals surface area (Å²) in [5.41, 5.74) is 4.72. The third-order valence-corrected chi connectivity index (χ3v) is 3.52. The Balaban J connectivity index is 2.22. The zero-order valence-electron chi connectivity index (χ0n) is 11.3. The number of thioether (sulfide) groups is 1. The standard InChI is InChI=1S/C12H12N4O5S/c1-5(11(19)20)22-12-15-8(13)7(10(18)16-12)14-9(17)6-3-2-4-21-6/h2-5H,1H3,(H,14,17)(H,19,20)(H3,13,15,16,18)/t5-/m1/s1. The van der Waals surface area contributed by atoms with Gasteiger partial charge in [-0.1, -0.05) is 11.8 Å². The van der Waals surface area contributed by atoms with E-state index in [4.69, 9.17) is 15.3 Å². The number of nitrogen functional groups attached to an aromatic ring is 1. The first kappa shape index (κ1) is 15.6. The maximum Gasteiger partial charge on any atom is 0.316 e. The van der Waals surface area contributed by atoms with Gasteiger partial charge in [0.15, 0.2) is 22.4 Å². The van der Waals surface area contributed by atoms with E-state index in [-0.39, 0.29) is 22.4 Å². The fourth-order valence-electron chi connectivity index (χ4n) is 1.45. The average Bonchev–Trinajstić information content (AvgIpc) is 2.96. The Morgan fingerprint density at radius 1 is 1.55 bits per heavy atom. The molecular weight excluding hydrogens is 312 g/mol. The van der Waals surface area contributed by atoms with Crippen molar-refractivity contribution < 1.29 is 19.1 Å². The summed E-state index contributed by atoms with van der Waals surface area (Å²) in [7, 11) is 0. The highest BCUT2D eigenvalue weighted by Crippen LogP contribution is 2.21. The van der Waals surface area contributed by atoms with Gasteiger partial charge in [0.1, 0.15) is 5.25 Å². The number of aromatic amines is 1. The van der Waals surface area contributed by atoms with E-state index in [1.807, 2.05) is 0 Å². The second-order valence-electron chi connectivity index (χ2n) is 4.16. The molecule has 0 aliphatic carbocycles. The van der Waals surface area contributed by atoms with E-state index < -0.39 is 22.7 Å². The molecule has 2 aromatic heterocycles. The van der Waals surface area contributed by atoms with Crippen molar-refractivity contribution in [1.29, 1.82) is 0 Å². The molecule has 0 fully saturated rings. The molecule has 0 radical (unpaired) electrons. The number of hydrogen-bond acceptors (Lipinski definition) is 7. The van der Waals surface area contributed by atoms with E-state index in [9.17, 15) is 14.4 Å². The molecule has 0 saturated carbocycles. The Morgan fingerprint density at radius 2 is 2.27 bits per heavy atom. The van der Waals surface area contributed by atoms with Crippen LogP contribution >= 0.6 is 11.8 Å². The molecule has 10 heteroatoms. The summed E-state index contributed by atoms with van der Waals surface area (Å²) in [6.45, 7) is 1.44. The van der Waals surface area contributed by atoms with Gasteiger partial charge in [-0.25, -0.2) is 4.98 Å². The molecule has 116 valence electrons. The lowest BCUT2D eigenvalue weighted by atomic mass is 10.4. The summed E-state index contributed by atoms with van der Waals surface area (Å²) >= 11 is 0.828. The average molecular weight is 324 g/mol. The molecule has 0 spiro atoms. The van der Waals surface area contributed by atoms with Gasteiger partial charge in [0, 0.05) is 0 Å². The molecule has 22 heavy (non-hydrogen) atoms. The molecule has 1 amide bonds. The normalized spacial score (nSPS) is 11.9. The molecule has 0 bridgehead atoms. The van der Waals surface area contributed by atoms with Crippen molar-refractivity contribution in [3.05, 3.63) is 34.5 Å². The summed E-state index contributed by atoms with van der Waals surface area (Å²) in [6.07, 6.45) is 1.31. The molecule has 0 aromatic carbocycles. The topological polar surface area (TPSA) is 151 Å². The van der Waals surface area contributed by atoms with E-state index in [2.05, 4.69) is 15.3 Å². The van der Waals surface area contributed by atoms with Gasteiger partial charge in [0.25, 0.3) is 11.5 Å². The number of hydrogen-bond donors (Lipinski definition) is 4. The summed E-state index contributed by atoms with van der Waals surface area (Å²) in [4.78, 5) is 40.7. The number of nitrogens with one attached hydrogen (secondary N) is 2. The van der Waals surface area contributed by atoms with Crippen LogP contribution in [0.2, 0.25) is 0 Å². The van der Waals surface area contributed by atoms with Gasteiger partial charge in [-0.15, -0.1) is 0 Å². The van der Waals surface area contributed by atoms with Crippen LogP contribution in [0, 0.1) is 0 Å². The fraction of sp³-hybridized carbons (Fsp3) is 0.167. The van der Waals surface area contributed by atoms with Gasteiger partial charge >= 0.3 is 5.97 Å². The van der Waals surface area contributed by atoms with Crippen LogP contribution in [0.25, 0.3) is 0 Å². The second kappa shape index (κ2) is 6.35. The van der Waals surface area contributed by atoms with Crippen molar-refractivity contribution in [2.24, 2.45) is 0 Å². The summed E-state index contributed by atoms with van der Waals surface area (Å²) in [5.74, 6) is -1.91. The smallest absolute Gasteiger partial charge is 0.316 e. The van der Waals surface area contributed by atoms with Gasteiger partial charge < -0.3 is 20.6 Å². The van der Waals surface area contributed by atoms with Gasteiger partial charge in [-0.05, 0) is 19.1 Å². The van der Waals surface area contributed by atoms with Crippen LogP contribution in [0.4, 0.5) is 11.5 Å². The molecule has 2 heterocycles. The fourth-order valence-corrected chi connectivity index (χ4v) is 2.18. The first-order valence-corrected chi connectivity index (χ1v) is 6.90. The van der Waals surface area contributed by atoms with Crippen LogP contribution in [0.1, 0.15) is 17.5 Å². The number of amides is 1. The molecule has 2 rings (SSSR count). The Hall–Kier alpha value is -2.75. The number of furan rings is 1. The van der Waals surface area contributed by atoms with Crippen LogP contribution < -0.4 is 16.6 Å². The summed E-state index contributed by atoms with van der Waals surface area (Å²) in [5, 5.41) is 10.4.